The van der Waals surface area contributed by atoms with Gasteiger partial charge in [0.05, 0.1) is 0 Å². The zero-order chi connectivity index (χ0) is 6.78. The highest BCUT2D eigenvalue weighted by molar-refractivity contribution is 7.54. The van der Waals surface area contributed by atoms with Gasteiger partial charge in [0, 0.05) is 12.7 Å². The fourth-order valence-corrected chi connectivity index (χ4v) is 1.29. The van der Waals surface area contributed by atoms with Gasteiger partial charge in [0.25, 0.3) is 7.52 Å². The van der Waals surface area contributed by atoms with Crippen molar-refractivity contribution in [2.75, 3.05) is 6.66 Å². The smallest absolute Gasteiger partial charge is 0.280 e. The predicted octanol–water partition coefficient (Wildman–Crippen LogP) is 0.814. The Morgan fingerprint density at radius 2 is 2.00 bits per heavy atom. The molecular weight excluding hydrogens is 125 g/mol. The lowest BCUT2D eigenvalue weighted by atomic mass is 10.4. The number of rotatable bonds is 2. The van der Waals surface area contributed by atoms with Crippen molar-refractivity contribution in [3.05, 3.63) is 0 Å². The van der Waals surface area contributed by atoms with Gasteiger partial charge in [-0.25, -0.2) is 0 Å². The lowest BCUT2D eigenvalue weighted by Gasteiger charge is -2.06. The van der Waals surface area contributed by atoms with Crippen LogP contribution in [0.3, 0.4) is 0 Å². The van der Waals surface area contributed by atoms with Gasteiger partial charge in [-0.1, -0.05) is 0 Å². The molecule has 0 spiro atoms. The predicted molar refractivity (Wildman–Crippen MR) is 33.0 cm³/mol. The van der Waals surface area contributed by atoms with Gasteiger partial charge in [0.2, 0.25) is 0 Å². The lowest BCUT2D eigenvalue weighted by Crippen LogP contribution is -2.10. The number of nitrogens with zero attached hydrogens (tertiary/aromatic N) is 1. The molecule has 0 aliphatic carbocycles. The Kier molecular flexibility index (Phi) is 2.67. The maximum Gasteiger partial charge on any atom is 0.280 e. The van der Waals surface area contributed by atoms with Crippen LogP contribution in [0.4, 0.5) is 0 Å². The molecule has 0 aromatic rings. The quantitative estimate of drug-likeness (QED) is 0.571. The summed E-state index contributed by atoms with van der Waals surface area (Å²) in [6.07, 6.45) is 0. The topological polar surface area (TPSA) is 51.4 Å². The van der Waals surface area contributed by atoms with E-state index in [9.17, 15) is 4.57 Å². The molecular formula is C4H11NO2P. The Bertz CT molecular complexity index is 107. The molecule has 8 heavy (non-hydrogen) atoms. The van der Waals surface area contributed by atoms with Crippen LogP contribution in [0.2, 0.25) is 0 Å². The van der Waals surface area contributed by atoms with Crippen LogP contribution >= 0.6 is 7.52 Å². The third-order valence-corrected chi connectivity index (χ3v) is 1.34. The van der Waals surface area contributed by atoms with E-state index < -0.39 is 7.52 Å². The van der Waals surface area contributed by atoms with Crippen LogP contribution in [0.25, 0.3) is 0 Å². The minimum atomic E-state index is -3.10. The molecule has 1 atom stereocenters. The van der Waals surface area contributed by atoms with Gasteiger partial charge in [0.1, 0.15) is 0 Å². The molecule has 0 amide bonds. The molecule has 4 heteroatoms. The molecule has 0 saturated carbocycles. The van der Waals surface area contributed by atoms with Gasteiger partial charge in [-0.3, -0.25) is 4.57 Å². The second-order valence-corrected chi connectivity index (χ2v) is 3.95. The summed E-state index contributed by atoms with van der Waals surface area (Å²) < 4.78 is 10.4. The Morgan fingerprint density at radius 3 is 2.00 bits per heavy atom. The first-order valence-electron chi connectivity index (χ1n) is 2.44. The van der Waals surface area contributed by atoms with Gasteiger partial charge in [-0.2, -0.15) is 5.09 Å². The fourth-order valence-electron chi connectivity index (χ4n) is 0.429. The summed E-state index contributed by atoms with van der Waals surface area (Å²) in [5, 5.41) is 3.52. The Labute approximate surface area is 49.6 Å². The van der Waals surface area contributed by atoms with Crippen molar-refractivity contribution >= 4 is 7.52 Å². The van der Waals surface area contributed by atoms with Crippen molar-refractivity contribution in [2.45, 2.75) is 19.9 Å². The van der Waals surface area contributed by atoms with Crippen LogP contribution in [0.15, 0.2) is 0 Å². The molecule has 0 aliphatic rings. The van der Waals surface area contributed by atoms with E-state index in [4.69, 9.17) is 4.89 Å². The second kappa shape index (κ2) is 2.62. The molecule has 0 fully saturated rings. The summed E-state index contributed by atoms with van der Waals surface area (Å²) in [4.78, 5) is 8.58. The molecule has 0 aromatic carbocycles. The monoisotopic (exact) mass is 136 g/mol. The van der Waals surface area contributed by atoms with Crippen molar-refractivity contribution in [1.29, 1.82) is 0 Å². The van der Waals surface area contributed by atoms with Gasteiger partial charge in [-0.05, 0) is 13.8 Å². The van der Waals surface area contributed by atoms with Gasteiger partial charge in [0.15, 0.2) is 0 Å². The Hall–Kier alpha value is 0.150. The maximum absolute atomic E-state index is 10.4. The Morgan fingerprint density at radius 1 is 1.62 bits per heavy atom. The zero-order valence-corrected chi connectivity index (χ0v) is 6.22. The van der Waals surface area contributed by atoms with E-state index in [1.807, 2.05) is 0 Å². The molecule has 3 nitrogen and oxygen atoms in total. The molecule has 0 rings (SSSR count). The molecule has 1 radical (unpaired) electrons. The summed E-state index contributed by atoms with van der Waals surface area (Å²) in [6.45, 7) is 4.77. The summed E-state index contributed by atoms with van der Waals surface area (Å²) in [7, 11) is -3.10. The average Bonchev–Trinajstić information content (AvgIpc) is 1.21. The molecule has 1 N–H and O–H groups in total. The fraction of sp³-hybridized carbons (Fsp3) is 1.00. The number of hydrogen-bond acceptors (Lipinski definition) is 1. The van der Waals surface area contributed by atoms with E-state index >= 15 is 0 Å². The van der Waals surface area contributed by atoms with Crippen molar-refractivity contribution in [1.82, 2.24) is 5.09 Å². The van der Waals surface area contributed by atoms with Crippen molar-refractivity contribution in [3.63, 3.8) is 0 Å². The van der Waals surface area contributed by atoms with Crippen molar-refractivity contribution in [3.8, 4) is 0 Å². The van der Waals surface area contributed by atoms with Crippen LogP contribution < -0.4 is 5.09 Å². The molecule has 0 saturated heterocycles. The normalized spacial score (nSPS) is 18.6. The van der Waals surface area contributed by atoms with E-state index in [2.05, 4.69) is 5.09 Å². The van der Waals surface area contributed by atoms with Crippen molar-refractivity contribution in [2.24, 2.45) is 0 Å². The molecule has 1 unspecified atom stereocenters. The maximum atomic E-state index is 10.4. The first-order chi connectivity index (χ1) is 3.42. The van der Waals surface area contributed by atoms with Crippen LogP contribution in [-0.2, 0) is 4.57 Å². The van der Waals surface area contributed by atoms with E-state index in [0.29, 0.717) is 0 Å². The summed E-state index contributed by atoms with van der Waals surface area (Å²) in [5.74, 6) is 0. The van der Waals surface area contributed by atoms with Gasteiger partial charge >= 0.3 is 0 Å². The van der Waals surface area contributed by atoms with Gasteiger partial charge < -0.3 is 4.89 Å². The molecule has 0 heterocycles. The molecule has 0 aromatic heterocycles. The van der Waals surface area contributed by atoms with Gasteiger partial charge in [-0.15, -0.1) is 0 Å². The van der Waals surface area contributed by atoms with E-state index in [-0.39, 0.29) is 6.04 Å². The molecule has 0 aliphatic heterocycles. The highest BCUT2D eigenvalue weighted by atomic mass is 31.2. The van der Waals surface area contributed by atoms with E-state index in [1.165, 1.54) is 6.66 Å². The summed E-state index contributed by atoms with van der Waals surface area (Å²) in [6, 6.07) is -0.0455. The highest BCUT2D eigenvalue weighted by Crippen LogP contribution is 2.31. The number of hydrogen-bond donors (Lipinski definition) is 1. The van der Waals surface area contributed by atoms with Crippen LogP contribution in [-0.4, -0.2) is 17.6 Å². The third kappa shape index (κ3) is 6.15. The second-order valence-electron chi connectivity index (χ2n) is 2.04. The zero-order valence-electron chi connectivity index (χ0n) is 5.33. The lowest BCUT2D eigenvalue weighted by molar-refractivity contribution is 0.460. The first kappa shape index (κ1) is 8.15. The largest absolute Gasteiger partial charge is 0.333 e. The van der Waals surface area contributed by atoms with Crippen LogP contribution in [0.5, 0.6) is 0 Å². The van der Waals surface area contributed by atoms with Crippen molar-refractivity contribution < 1.29 is 9.46 Å². The standard InChI is InChI=1S/C4H11NO2P/c1-4(2)5-8(3,6)7/h4H,1-3H3,(H,6,7). The SMILES string of the molecule is CC(C)[N]P(C)(=O)O. The molecule has 0 bridgehead atoms. The average molecular weight is 136 g/mol. The van der Waals surface area contributed by atoms with E-state index in [0.717, 1.165) is 0 Å². The van der Waals surface area contributed by atoms with E-state index in [1.54, 1.807) is 13.8 Å². The summed E-state index contributed by atoms with van der Waals surface area (Å²) in [5.41, 5.74) is 0. The first-order valence-corrected chi connectivity index (χ1v) is 4.50. The third-order valence-electron chi connectivity index (χ3n) is 0.445. The molecule has 49 valence electrons. The minimum Gasteiger partial charge on any atom is -0.333 e. The van der Waals surface area contributed by atoms with Crippen LogP contribution in [0, 0.1) is 0 Å². The van der Waals surface area contributed by atoms with Crippen LogP contribution in [0.1, 0.15) is 13.8 Å². The highest BCUT2D eigenvalue weighted by Gasteiger charge is 2.11. The summed E-state index contributed by atoms with van der Waals surface area (Å²) >= 11 is 0. The Balaban J connectivity index is 3.56. The minimum absolute atomic E-state index is 0.0455.